The highest BCUT2D eigenvalue weighted by atomic mass is 32.2. The lowest BCUT2D eigenvalue weighted by Gasteiger charge is -2.34. The first-order chi connectivity index (χ1) is 13.2. The number of nitrogens with one attached hydrogen (secondary N) is 1. The third-order valence-corrected chi connectivity index (χ3v) is 7.24. The number of sulfonamides is 1. The van der Waals surface area contributed by atoms with Crippen molar-refractivity contribution in [2.75, 3.05) is 46.8 Å². The van der Waals surface area contributed by atoms with Crippen LogP contribution in [0.3, 0.4) is 0 Å². The summed E-state index contributed by atoms with van der Waals surface area (Å²) >= 11 is 0. The van der Waals surface area contributed by atoms with Crippen LogP contribution in [-0.4, -0.2) is 87.2 Å². The Hall–Kier alpha value is -1.97. The summed E-state index contributed by atoms with van der Waals surface area (Å²) in [7, 11) is -0.137. The second-order valence-corrected chi connectivity index (χ2v) is 9.64. The summed E-state index contributed by atoms with van der Waals surface area (Å²) in [5, 5.41) is 2.90. The minimum atomic E-state index is -3.57. The first-order valence-electron chi connectivity index (χ1n) is 9.48. The minimum Gasteiger partial charge on any atom is -0.353 e. The molecule has 0 saturated carbocycles. The van der Waals surface area contributed by atoms with E-state index in [0.29, 0.717) is 44.0 Å². The topological polar surface area (TPSA) is 90.0 Å². The summed E-state index contributed by atoms with van der Waals surface area (Å²) < 4.78 is 27.6. The number of amides is 2. The first kappa shape index (κ1) is 20.8. The molecule has 1 heterocycles. The van der Waals surface area contributed by atoms with Gasteiger partial charge in [-0.3, -0.25) is 14.5 Å². The van der Waals surface area contributed by atoms with E-state index < -0.39 is 10.0 Å². The van der Waals surface area contributed by atoms with Crippen molar-refractivity contribution in [3.63, 3.8) is 0 Å². The molecule has 1 aliphatic heterocycles. The highest BCUT2D eigenvalue weighted by Gasteiger charge is 2.31. The maximum absolute atomic E-state index is 13.0. The van der Waals surface area contributed by atoms with Gasteiger partial charge in [0, 0.05) is 53.2 Å². The number of carbonyl (C=O) groups is 2. The van der Waals surface area contributed by atoms with E-state index in [1.807, 2.05) is 11.0 Å². The van der Waals surface area contributed by atoms with Crippen molar-refractivity contribution in [1.82, 2.24) is 19.4 Å². The van der Waals surface area contributed by atoms with Gasteiger partial charge in [-0.1, -0.05) is 6.07 Å². The second-order valence-electron chi connectivity index (χ2n) is 7.70. The summed E-state index contributed by atoms with van der Waals surface area (Å²) in [5.41, 5.74) is 2.07. The molecular weight excluding hydrogens is 380 g/mol. The van der Waals surface area contributed by atoms with Crippen LogP contribution < -0.4 is 5.32 Å². The predicted molar refractivity (Wildman–Crippen MR) is 105 cm³/mol. The number of likely N-dealkylation sites (N-methyl/N-ethyl adjacent to an activating group) is 1. The molecular formula is C19H28N4O4S. The van der Waals surface area contributed by atoms with Crippen molar-refractivity contribution in [2.24, 2.45) is 0 Å². The van der Waals surface area contributed by atoms with Crippen molar-refractivity contribution < 1.29 is 18.0 Å². The number of hydrogen-bond acceptors (Lipinski definition) is 5. The van der Waals surface area contributed by atoms with E-state index in [1.165, 1.54) is 11.2 Å². The molecule has 1 N–H and O–H groups in total. The fourth-order valence-electron chi connectivity index (χ4n) is 3.75. The van der Waals surface area contributed by atoms with Gasteiger partial charge in [0.05, 0.1) is 11.4 Å². The first-order valence-corrected chi connectivity index (χ1v) is 10.9. The quantitative estimate of drug-likeness (QED) is 0.722. The third kappa shape index (κ3) is 4.53. The van der Waals surface area contributed by atoms with Crippen molar-refractivity contribution >= 4 is 21.8 Å². The average Bonchev–Trinajstić information content (AvgIpc) is 3.02. The Morgan fingerprint density at radius 2 is 1.75 bits per heavy atom. The van der Waals surface area contributed by atoms with Crippen LogP contribution in [-0.2, 0) is 32.5 Å². The molecule has 8 nitrogen and oxygen atoms in total. The lowest BCUT2D eigenvalue weighted by Crippen LogP contribution is -2.50. The molecule has 9 heteroatoms. The minimum absolute atomic E-state index is 0.0173. The molecule has 1 aromatic carbocycles. The smallest absolute Gasteiger partial charge is 0.243 e. The molecule has 0 unspecified atom stereocenters. The van der Waals surface area contributed by atoms with E-state index in [1.54, 1.807) is 31.1 Å². The van der Waals surface area contributed by atoms with Gasteiger partial charge < -0.3 is 10.2 Å². The molecule has 2 aliphatic rings. The van der Waals surface area contributed by atoms with Crippen molar-refractivity contribution in [1.29, 1.82) is 0 Å². The molecule has 2 amide bonds. The number of piperazine rings is 1. The summed E-state index contributed by atoms with van der Waals surface area (Å²) in [4.78, 5) is 26.9. The Kier molecular flexibility index (Phi) is 6.07. The van der Waals surface area contributed by atoms with Crippen LogP contribution in [0.15, 0.2) is 23.1 Å². The molecule has 28 heavy (non-hydrogen) atoms. The zero-order valence-corrected chi connectivity index (χ0v) is 17.5. The Morgan fingerprint density at radius 3 is 2.36 bits per heavy atom. The number of benzene rings is 1. The lowest BCUT2D eigenvalue weighted by atomic mass is 10.1. The Morgan fingerprint density at radius 1 is 1.11 bits per heavy atom. The molecule has 1 aliphatic carbocycles. The van der Waals surface area contributed by atoms with E-state index in [0.717, 1.165) is 17.5 Å². The molecule has 0 aromatic heterocycles. The van der Waals surface area contributed by atoms with Gasteiger partial charge in [0.15, 0.2) is 0 Å². The Bertz CT molecular complexity index is 861. The molecule has 1 saturated heterocycles. The number of carbonyl (C=O) groups excluding carboxylic acids is 2. The van der Waals surface area contributed by atoms with E-state index in [2.05, 4.69) is 5.32 Å². The van der Waals surface area contributed by atoms with Gasteiger partial charge >= 0.3 is 0 Å². The SMILES string of the molecule is CC(=O)N[C@H]1Cc2ccc(S(=O)(=O)N3CCN(CC(=O)N(C)C)CC3)cc2C1. The highest BCUT2D eigenvalue weighted by molar-refractivity contribution is 7.89. The highest BCUT2D eigenvalue weighted by Crippen LogP contribution is 2.27. The van der Waals surface area contributed by atoms with Gasteiger partial charge in [-0.2, -0.15) is 4.31 Å². The van der Waals surface area contributed by atoms with Crippen LogP contribution in [0.4, 0.5) is 0 Å². The summed E-state index contributed by atoms with van der Waals surface area (Å²) in [6.45, 7) is 3.61. The van der Waals surface area contributed by atoms with E-state index in [9.17, 15) is 18.0 Å². The van der Waals surface area contributed by atoms with Crippen molar-refractivity contribution in [3.8, 4) is 0 Å². The number of hydrogen-bond donors (Lipinski definition) is 1. The van der Waals surface area contributed by atoms with Gasteiger partial charge in [0.2, 0.25) is 21.8 Å². The van der Waals surface area contributed by atoms with E-state index in [4.69, 9.17) is 0 Å². The summed E-state index contributed by atoms with van der Waals surface area (Å²) in [5.74, 6) is -0.0556. The normalized spacial score (nSPS) is 20.6. The van der Waals surface area contributed by atoms with Gasteiger partial charge in [0.25, 0.3) is 0 Å². The average molecular weight is 409 g/mol. The maximum atomic E-state index is 13.0. The van der Waals surface area contributed by atoms with E-state index >= 15 is 0 Å². The van der Waals surface area contributed by atoms with Gasteiger partial charge in [-0.25, -0.2) is 8.42 Å². The van der Waals surface area contributed by atoms with Gasteiger partial charge in [-0.15, -0.1) is 0 Å². The summed E-state index contributed by atoms with van der Waals surface area (Å²) in [6, 6.07) is 5.29. The number of fused-ring (bicyclic) bond motifs is 1. The van der Waals surface area contributed by atoms with E-state index in [-0.39, 0.29) is 17.9 Å². The largest absolute Gasteiger partial charge is 0.353 e. The zero-order chi connectivity index (χ0) is 20.5. The molecule has 1 fully saturated rings. The van der Waals surface area contributed by atoms with Crippen LogP contribution in [0.25, 0.3) is 0 Å². The summed E-state index contributed by atoms with van der Waals surface area (Å²) in [6.07, 6.45) is 1.38. The van der Waals surface area contributed by atoms with Crippen LogP contribution in [0.2, 0.25) is 0 Å². The van der Waals surface area contributed by atoms with Crippen LogP contribution in [0.1, 0.15) is 18.1 Å². The van der Waals surface area contributed by atoms with Gasteiger partial charge in [0.1, 0.15) is 0 Å². The Balaban J connectivity index is 1.65. The Labute approximate surface area is 166 Å². The van der Waals surface area contributed by atoms with Crippen LogP contribution in [0, 0.1) is 0 Å². The second kappa shape index (κ2) is 8.18. The fourth-order valence-corrected chi connectivity index (χ4v) is 5.23. The molecule has 0 bridgehead atoms. The molecule has 1 aromatic rings. The standard InChI is InChI=1S/C19H28N4O4S/c1-14(24)20-17-10-15-4-5-18(12-16(15)11-17)28(26,27)23-8-6-22(7-9-23)13-19(25)21(2)3/h4-5,12,17H,6-11,13H2,1-3H3,(H,20,24)/t17-/m0/s1. The van der Waals surface area contributed by atoms with Crippen LogP contribution >= 0.6 is 0 Å². The molecule has 3 rings (SSSR count). The lowest BCUT2D eigenvalue weighted by molar-refractivity contribution is -0.130. The molecule has 1 atom stereocenters. The molecule has 0 radical (unpaired) electrons. The van der Waals surface area contributed by atoms with Crippen molar-refractivity contribution in [3.05, 3.63) is 29.3 Å². The van der Waals surface area contributed by atoms with Crippen LogP contribution in [0.5, 0.6) is 0 Å². The molecule has 0 spiro atoms. The molecule has 154 valence electrons. The predicted octanol–water partition coefficient (Wildman–Crippen LogP) is -0.316. The maximum Gasteiger partial charge on any atom is 0.243 e. The monoisotopic (exact) mass is 408 g/mol. The van der Waals surface area contributed by atoms with Crippen molar-refractivity contribution in [2.45, 2.75) is 30.7 Å². The fraction of sp³-hybridized carbons (Fsp3) is 0.579. The number of rotatable bonds is 5. The number of nitrogens with zero attached hydrogens (tertiary/aromatic N) is 3. The third-order valence-electron chi connectivity index (χ3n) is 5.34. The van der Waals surface area contributed by atoms with Gasteiger partial charge in [-0.05, 0) is 36.1 Å². The zero-order valence-electron chi connectivity index (χ0n) is 16.6.